The van der Waals surface area contributed by atoms with Gasteiger partial charge in [-0.25, -0.2) is 0 Å². The Morgan fingerprint density at radius 1 is 1.09 bits per heavy atom. The van der Waals surface area contributed by atoms with E-state index in [1.165, 1.54) is 0 Å². The van der Waals surface area contributed by atoms with Gasteiger partial charge in [-0.05, 0) is 49.7 Å². The molecule has 1 atom stereocenters. The van der Waals surface area contributed by atoms with E-state index in [2.05, 4.69) is 6.92 Å². The van der Waals surface area contributed by atoms with Crippen LogP contribution in [-0.2, 0) is 0 Å². The number of aryl methyl sites for hydroxylation is 1. The smallest absolute Gasteiger partial charge is 0.157 e. The fourth-order valence-electron chi connectivity index (χ4n) is 2.81. The number of aliphatic hydroxyl groups excluding tert-OH is 1. The number of halogens is 1. The van der Waals surface area contributed by atoms with Crippen LogP contribution in [0, 0.1) is 13.8 Å². The Bertz CT molecular complexity index is 821. The van der Waals surface area contributed by atoms with Gasteiger partial charge in [0.15, 0.2) is 6.23 Å². The predicted molar refractivity (Wildman–Crippen MR) is 89.8 cm³/mol. The molecule has 1 unspecified atom stereocenters. The van der Waals surface area contributed by atoms with E-state index in [4.69, 9.17) is 16.3 Å². The van der Waals surface area contributed by atoms with Gasteiger partial charge in [-0.2, -0.15) is 0 Å². The van der Waals surface area contributed by atoms with E-state index < -0.39 is 6.23 Å². The number of hydrogen-bond acceptors (Lipinski definition) is 2. The summed E-state index contributed by atoms with van der Waals surface area (Å²) in [6, 6.07) is 13.2. The second-order valence-electron chi connectivity index (χ2n) is 5.39. The topological polar surface area (TPSA) is 34.4 Å². The lowest BCUT2D eigenvalue weighted by Crippen LogP contribution is -2.11. The van der Waals surface area contributed by atoms with Crippen LogP contribution in [0.15, 0.2) is 42.5 Å². The minimum Gasteiger partial charge on any atom is -0.497 e. The molecule has 4 heteroatoms. The Labute approximate surface area is 134 Å². The van der Waals surface area contributed by atoms with Gasteiger partial charge in [0.2, 0.25) is 0 Å². The van der Waals surface area contributed by atoms with Crippen molar-refractivity contribution < 1.29 is 9.84 Å². The molecule has 3 aromatic rings. The van der Waals surface area contributed by atoms with Crippen LogP contribution in [0.3, 0.4) is 0 Å². The van der Waals surface area contributed by atoms with Crippen LogP contribution >= 0.6 is 11.6 Å². The summed E-state index contributed by atoms with van der Waals surface area (Å²) in [4.78, 5) is 0. The van der Waals surface area contributed by atoms with Gasteiger partial charge in [0, 0.05) is 21.7 Å². The molecular weight excluding hydrogens is 298 g/mol. The van der Waals surface area contributed by atoms with Gasteiger partial charge in [0.05, 0.1) is 12.6 Å². The van der Waals surface area contributed by atoms with Gasteiger partial charge in [-0.1, -0.05) is 23.7 Å². The molecule has 114 valence electrons. The van der Waals surface area contributed by atoms with Crippen molar-refractivity contribution in [1.82, 2.24) is 4.57 Å². The summed E-state index contributed by atoms with van der Waals surface area (Å²) in [5.41, 5.74) is 3.96. The molecule has 0 bridgehead atoms. The lowest BCUT2D eigenvalue weighted by molar-refractivity contribution is 0.149. The molecule has 2 aromatic carbocycles. The summed E-state index contributed by atoms with van der Waals surface area (Å²) in [5.74, 6) is 0.814. The van der Waals surface area contributed by atoms with E-state index in [0.29, 0.717) is 5.02 Å². The number of ether oxygens (including phenoxy) is 1. The van der Waals surface area contributed by atoms with Crippen molar-refractivity contribution in [3.63, 3.8) is 0 Å². The summed E-state index contributed by atoms with van der Waals surface area (Å²) in [6.45, 7) is 4.07. The highest BCUT2D eigenvalue weighted by atomic mass is 35.5. The summed E-state index contributed by atoms with van der Waals surface area (Å²) in [5, 5.41) is 12.5. The maximum atomic E-state index is 10.8. The summed E-state index contributed by atoms with van der Waals surface area (Å²) in [7, 11) is 1.66. The fourth-order valence-corrected chi connectivity index (χ4v) is 2.93. The van der Waals surface area contributed by atoms with Crippen LogP contribution in [0.1, 0.15) is 23.0 Å². The molecule has 1 aromatic heterocycles. The zero-order chi connectivity index (χ0) is 15.9. The average molecular weight is 316 g/mol. The van der Waals surface area contributed by atoms with Crippen LogP contribution < -0.4 is 4.74 Å². The molecule has 3 nitrogen and oxygen atoms in total. The molecule has 0 spiro atoms. The molecule has 0 aliphatic heterocycles. The number of aromatic nitrogens is 1. The van der Waals surface area contributed by atoms with Crippen LogP contribution in [0.4, 0.5) is 0 Å². The maximum absolute atomic E-state index is 10.8. The van der Waals surface area contributed by atoms with Crippen molar-refractivity contribution >= 4 is 22.5 Å². The Morgan fingerprint density at radius 3 is 2.41 bits per heavy atom. The third-order valence-electron chi connectivity index (χ3n) is 4.18. The van der Waals surface area contributed by atoms with Gasteiger partial charge in [-0.3, -0.25) is 0 Å². The number of aliphatic hydroxyl groups is 1. The van der Waals surface area contributed by atoms with Crippen LogP contribution in [0.2, 0.25) is 5.02 Å². The van der Waals surface area contributed by atoms with E-state index in [1.807, 2.05) is 41.8 Å². The second-order valence-corrected chi connectivity index (χ2v) is 5.83. The molecule has 0 saturated carbocycles. The van der Waals surface area contributed by atoms with Crippen LogP contribution in [0.5, 0.6) is 5.75 Å². The highest BCUT2D eigenvalue weighted by Gasteiger charge is 2.18. The monoisotopic (exact) mass is 315 g/mol. The van der Waals surface area contributed by atoms with Crippen molar-refractivity contribution in [3.05, 3.63) is 64.3 Å². The van der Waals surface area contributed by atoms with Gasteiger partial charge in [0.25, 0.3) is 0 Å². The molecular formula is C18H18ClNO2. The Hall–Kier alpha value is -1.97. The van der Waals surface area contributed by atoms with Gasteiger partial charge >= 0.3 is 0 Å². The number of methoxy groups -OCH3 is 1. The van der Waals surface area contributed by atoms with Gasteiger partial charge in [-0.15, -0.1) is 0 Å². The average Bonchev–Trinajstić information content (AvgIpc) is 2.78. The maximum Gasteiger partial charge on any atom is 0.157 e. The van der Waals surface area contributed by atoms with Crippen molar-refractivity contribution in [2.24, 2.45) is 0 Å². The van der Waals surface area contributed by atoms with Crippen molar-refractivity contribution in [2.45, 2.75) is 20.1 Å². The first kappa shape index (κ1) is 14.9. The first-order valence-electron chi connectivity index (χ1n) is 7.11. The van der Waals surface area contributed by atoms with E-state index >= 15 is 0 Å². The Balaban J connectivity index is 2.17. The first-order valence-corrected chi connectivity index (χ1v) is 7.49. The SMILES string of the molecule is COc1ccc2c(c1)c(C)c(C)n2C(O)c1ccc(Cl)cc1. The van der Waals surface area contributed by atoms with Gasteiger partial charge in [0.1, 0.15) is 5.75 Å². The number of fused-ring (bicyclic) bond motifs is 1. The third-order valence-corrected chi connectivity index (χ3v) is 4.44. The molecule has 22 heavy (non-hydrogen) atoms. The molecule has 0 aliphatic carbocycles. The van der Waals surface area contributed by atoms with Crippen LogP contribution in [0.25, 0.3) is 10.9 Å². The van der Waals surface area contributed by atoms with Crippen LogP contribution in [-0.4, -0.2) is 16.8 Å². The fraction of sp³-hybridized carbons (Fsp3) is 0.222. The van der Waals surface area contributed by atoms with E-state index in [-0.39, 0.29) is 0 Å². The molecule has 3 rings (SSSR count). The second kappa shape index (κ2) is 5.67. The quantitative estimate of drug-likeness (QED) is 0.774. The minimum atomic E-state index is -0.748. The highest BCUT2D eigenvalue weighted by Crippen LogP contribution is 2.32. The molecule has 1 heterocycles. The first-order chi connectivity index (χ1) is 10.5. The molecule has 0 saturated heterocycles. The minimum absolute atomic E-state index is 0.658. The summed E-state index contributed by atoms with van der Waals surface area (Å²) >= 11 is 5.92. The number of rotatable bonds is 3. The van der Waals surface area contributed by atoms with E-state index in [9.17, 15) is 5.11 Å². The highest BCUT2D eigenvalue weighted by molar-refractivity contribution is 6.30. The number of benzene rings is 2. The zero-order valence-electron chi connectivity index (χ0n) is 12.8. The third kappa shape index (κ3) is 2.36. The molecule has 0 fully saturated rings. The van der Waals surface area contributed by atoms with E-state index in [1.54, 1.807) is 19.2 Å². The molecule has 0 radical (unpaired) electrons. The summed E-state index contributed by atoms with van der Waals surface area (Å²) in [6.07, 6.45) is -0.748. The Kier molecular flexibility index (Phi) is 3.85. The Morgan fingerprint density at radius 2 is 1.77 bits per heavy atom. The van der Waals surface area contributed by atoms with Crippen molar-refractivity contribution in [1.29, 1.82) is 0 Å². The lowest BCUT2D eigenvalue weighted by atomic mass is 10.1. The standard InChI is InChI=1S/C18H18ClNO2/c1-11-12(2)20(17-9-8-15(22-3)10-16(11)17)18(21)13-4-6-14(19)7-5-13/h4-10,18,21H,1-3H3. The van der Waals surface area contributed by atoms with Crippen molar-refractivity contribution in [3.8, 4) is 5.75 Å². The lowest BCUT2D eigenvalue weighted by Gasteiger charge is -2.17. The molecule has 0 amide bonds. The zero-order valence-corrected chi connectivity index (χ0v) is 13.6. The normalized spacial score (nSPS) is 12.6. The van der Waals surface area contributed by atoms with E-state index in [0.717, 1.165) is 33.5 Å². The van der Waals surface area contributed by atoms with Crippen molar-refractivity contribution in [2.75, 3.05) is 7.11 Å². The molecule has 1 N–H and O–H groups in total. The number of hydrogen-bond donors (Lipinski definition) is 1. The molecule has 0 aliphatic rings. The number of nitrogens with zero attached hydrogens (tertiary/aromatic N) is 1. The summed E-state index contributed by atoms with van der Waals surface area (Å²) < 4.78 is 7.24. The van der Waals surface area contributed by atoms with Gasteiger partial charge < -0.3 is 14.4 Å². The largest absolute Gasteiger partial charge is 0.497 e. The predicted octanol–water partition coefficient (Wildman–Crippen LogP) is 4.46.